The van der Waals surface area contributed by atoms with Gasteiger partial charge in [0.2, 0.25) is 5.89 Å². The van der Waals surface area contributed by atoms with E-state index in [0.29, 0.717) is 28.3 Å². The first-order valence-electron chi connectivity index (χ1n) is 6.96. The van der Waals surface area contributed by atoms with Crippen LogP contribution >= 0.6 is 11.8 Å². The average Bonchev–Trinajstić information content (AvgIpc) is 3.05. The van der Waals surface area contributed by atoms with Crippen molar-refractivity contribution in [1.82, 2.24) is 15.2 Å². The van der Waals surface area contributed by atoms with Gasteiger partial charge in [0.1, 0.15) is 5.03 Å². The lowest BCUT2D eigenvalue weighted by Crippen LogP contribution is -2.04. The molecule has 3 rings (SSSR count). The van der Waals surface area contributed by atoms with Gasteiger partial charge < -0.3 is 9.15 Å². The number of esters is 1. The Kier molecular flexibility index (Phi) is 4.68. The van der Waals surface area contributed by atoms with Gasteiger partial charge in [-0.1, -0.05) is 18.2 Å². The number of aromatic nitrogens is 3. The van der Waals surface area contributed by atoms with E-state index in [-0.39, 0.29) is 5.97 Å². The standard InChI is InChI=1S/C16H13N3O3S/c1-2-21-15(20)12-8-9-13(17-10-12)23-16-19-18-14(22-16)11-6-4-3-5-7-11/h3-10H,2H2,1H3. The SMILES string of the molecule is CCOC(=O)c1ccc(Sc2nnc(-c3ccccc3)o2)nc1. The summed E-state index contributed by atoms with van der Waals surface area (Å²) in [6.45, 7) is 2.09. The van der Waals surface area contributed by atoms with E-state index in [1.807, 2.05) is 30.3 Å². The Hall–Kier alpha value is -2.67. The van der Waals surface area contributed by atoms with Crippen LogP contribution in [0.3, 0.4) is 0 Å². The van der Waals surface area contributed by atoms with Crippen LogP contribution in [0.15, 0.2) is 63.3 Å². The van der Waals surface area contributed by atoms with E-state index in [1.165, 1.54) is 18.0 Å². The highest BCUT2D eigenvalue weighted by Gasteiger charge is 2.11. The normalized spacial score (nSPS) is 10.5. The van der Waals surface area contributed by atoms with Crippen LogP contribution in [0.1, 0.15) is 17.3 Å². The van der Waals surface area contributed by atoms with Gasteiger partial charge in [-0.25, -0.2) is 9.78 Å². The third-order valence-electron chi connectivity index (χ3n) is 2.87. The molecule has 2 heterocycles. The Morgan fingerprint density at radius 3 is 2.70 bits per heavy atom. The third kappa shape index (κ3) is 3.75. The number of carbonyl (C=O) groups is 1. The number of pyridine rings is 1. The highest BCUT2D eigenvalue weighted by Crippen LogP contribution is 2.27. The number of ether oxygens (including phenoxy) is 1. The Balaban J connectivity index is 1.70. The maximum Gasteiger partial charge on any atom is 0.339 e. The van der Waals surface area contributed by atoms with E-state index >= 15 is 0 Å². The molecule has 1 aromatic carbocycles. The van der Waals surface area contributed by atoms with E-state index in [1.54, 1.807) is 19.1 Å². The van der Waals surface area contributed by atoms with Crippen LogP contribution in [-0.4, -0.2) is 27.8 Å². The zero-order valence-electron chi connectivity index (χ0n) is 12.3. The number of hydrogen-bond donors (Lipinski definition) is 0. The van der Waals surface area contributed by atoms with Crippen molar-refractivity contribution in [2.45, 2.75) is 17.2 Å². The van der Waals surface area contributed by atoms with Crippen LogP contribution < -0.4 is 0 Å². The van der Waals surface area contributed by atoms with E-state index in [4.69, 9.17) is 9.15 Å². The number of benzene rings is 1. The first kappa shape index (κ1) is 15.2. The number of carbonyl (C=O) groups excluding carboxylic acids is 1. The fraction of sp³-hybridized carbons (Fsp3) is 0.125. The summed E-state index contributed by atoms with van der Waals surface area (Å²) in [7, 11) is 0. The molecule has 0 aliphatic carbocycles. The predicted molar refractivity (Wildman–Crippen MR) is 84.1 cm³/mol. The highest BCUT2D eigenvalue weighted by atomic mass is 32.2. The molecule has 0 aliphatic rings. The molecule has 2 aromatic heterocycles. The molecule has 7 heteroatoms. The molecule has 0 bridgehead atoms. The van der Waals surface area contributed by atoms with E-state index < -0.39 is 0 Å². The van der Waals surface area contributed by atoms with Gasteiger partial charge in [0.05, 0.1) is 12.2 Å². The quantitative estimate of drug-likeness (QED) is 0.664. The summed E-state index contributed by atoms with van der Waals surface area (Å²) in [5.74, 6) is 0.0666. The fourth-order valence-corrected chi connectivity index (χ4v) is 2.44. The zero-order chi connectivity index (χ0) is 16.1. The van der Waals surface area contributed by atoms with Gasteiger partial charge in [0.15, 0.2) is 0 Å². The summed E-state index contributed by atoms with van der Waals surface area (Å²) in [4.78, 5) is 15.8. The van der Waals surface area contributed by atoms with E-state index in [0.717, 1.165) is 5.56 Å². The first-order chi connectivity index (χ1) is 11.3. The lowest BCUT2D eigenvalue weighted by atomic mass is 10.2. The predicted octanol–water partition coefficient (Wildman–Crippen LogP) is 3.46. The van der Waals surface area contributed by atoms with Gasteiger partial charge in [0, 0.05) is 11.8 Å². The molecular formula is C16H13N3O3S. The van der Waals surface area contributed by atoms with E-state index in [9.17, 15) is 4.79 Å². The van der Waals surface area contributed by atoms with Crippen LogP contribution in [0.5, 0.6) is 0 Å². The summed E-state index contributed by atoms with van der Waals surface area (Å²) in [5, 5.41) is 9.05. The minimum atomic E-state index is -0.388. The summed E-state index contributed by atoms with van der Waals surface area (Å²) >= 11 is 1.23. The maximum atomic E-state index is 11.6. The third-order valence-corrected chi connectivity index (χ3v) is 3.66. The van der Waals surface area contributed by atoms with Crippen molar-refractivity contribution in [3.8, 4) is 11.5 Å². The van der Waals surface area contributed by atoms with Gasteiger partial charge in [0.25, 0.3) is 5.22 Å². The van der Waals surface area contributed by atoms with Gasteiger partial charge >= 0.3 is 5.97 Å². The molecule has 0 spiro atoms. The second kappa shape index (κ2) is 7.06. The van der Waals surface area contributed by atoms with Crippen molar-refractivity contribution in [3.05, 3.63) is 54.2 Å². The molecular weight excluding hydrogens is 314 g/mol. The number of nitrogens with zero attached hydrogens (tertiary/aromatic N) is 3. The summed E-state index contributed by atoms with van der Waals surface area (Å²) in [5.41, 5.74) is 1.27. The topological polar surface area (TPSA) is 78.1 Å². The Morgan fingerprint density at radius 2 is 2.00 bits per heavy atom. The van der Waals surface area contributed by atoms with Crippen LogP contribution in [-0.2, 0) is 4.74 Å². The Morgan fingerprint density at radius 1 is 1.17 bits per heavy atom. The van der Waals surface area contributed by atoms with Gasteiger partial charge in [-0.3, -0.25) is 0 Å². The van der Waals surface area contributed by atoms with Gasteiger partial charge in [-0.2, -0.15) is 0 Å². The summed E-state index contributed by atoms with van der Waals surface area (Å²) < 4.78 is 10.5. The molecule has 0 radical (unpaired) electrons. The first-order valence-corrected chi connectivity index (χ1v) is 7.78. The second-order valence-electron chi connectivity index (χ2n) is 4.45. The van der Waals surface area contributed by atoms with Crippen molar-refractivity contribution in [3.63, 3.8) is 0 Å². The maximum absolute atomic E-state index is 11.6. The van der Waals surface area contributed by atoms with Crippen LogP contribution in [0.4, 0.5) is 0 Å². The molecule has 0 amide bonds. The summed E-state index contributed by atoms with van der Waals surface area (Å²) in [6, 6.07) is 12.9. The molecule has 0 saturated heterocycles. The minimum absolute atomic E-state index is 0.333. The molecule has 0 saturated carbocycles. The van der Waals surface area contributed by atoms with Gasteiger partial charge in [-0.05, 0) is 43.0 Å². The largest absolute Gasteiger partial charge is 0.462 e. The fourth-order valence-electron chi connectivity index (χ4n) is 1.81. The number of hydrogen-bond acceptors (Lipinski definition) is 7. The zero-order valence-corrected chi connectivity index (χ0v) is 13.1. The van der Waals surface area contributed by atoms with E-state index in [2.05, 4.69) is 15.2 Å². The van der Waals surface area contributed by atoms with Crippen LogP contribution in [0.25, 0.3) is 11.5 Å². The molecule has 3 aromatic rings. The second-order valence-corrected chi connectivity index (χ2v) is 5.42. The number of rotatable bonds is 5. The summed E-state index contributed by atoms with van der Waals surface area (Å²) in [6.07, 6.45) is 1.47. The van der Waals surface area contributed by atoms with Crippen molar-refractivity contribution in [1.29, 1.82) is 0 Å². The molecule has 6 nitrogen and oxygen atoms in total. The monoisotopic (exact) mass is 327 g/mol. The minimum Gasteiger partial charge on any atom is -0.462 e. The average molecular weight is 327 g/mol. The Labute approximate surface area is 136 Å². The highest BCUT2D eigenvalue weighted by molar-refractivity contribution is 7.99. The van der Waals surface area contributed by atoms with Crippen molar-refractivity contribution in [2.24, 2.45) is 0 Å². The molecule has 116 valence electrons. The molecule has 0 unspecified atom stereocenters. The van der Waals surface area contributed by atoms with Crippen LogP contribution in [0, 0.1) is 0 Å². The van der Waals surface area contributed by atoms with Crippen molar-refractivity contribution in [2.75, 3.05) is 6.61 Å². The molecule has 23 heavy (non-hydrogen) atoms. The van der Waals surface area contributed by atoms with Crippen molar-refractivity contribution >= 4 is 17.7 Å². The van der Waals surface area contributed by atoms with Crippen LogP contribution in [0.2, 0.25) is 0 Å². The molecule has 0 aliphatic heterocycles. The molecule has 0 atom stereocenters. The molecule has 0 N–H and O–H groups in total. The lowest BCUT2D eigenvalue weighted by Gasteiger charge is -2.01. The Bertz CT molecular complexity index is 788. The molecule has 0 fully saturated rings. The van der Waals surface area contributed by atoms with Crippen molar-refractivity contribution < 1.29 is 13.9 Å². The lowest BCUT2D eigenvalue weighted by molar-refractivity contribution is 0.0525. The smallest absolute Gasteiger partial charge is 0.339 e. The van der Waals surface area contributed by atoms with Gasteiger partial charge in [-0.15, -0.1) is 10.2 Å².